The second-order valence-electron chi connectivity index (χ2n) is 7.53. The molecule has 0 spiro atoms. The summed E-state index contributed by atoms with van der Waals surface area (Å²) in [6, 6.07) is 5.60. The van der Waals surface area contributed by atoms with Crippen molar-refractivity contribution in [3.05, 3.63) is 29.3 Å². The molecule has 6 nitrogen and oxygen atoms in total. The van der Waals surface area contributed by atoms with Crippen molar-refractivity contribution >= 4 is 11.8 Å². The standard InChI is InChI=1S/C20H30N2O4/c1-7-9-14-12-15(26-13-17(23)25-8-2)10-11-16(14)18-21-19(3,4)20(5,6)22(18)24/h10-12,24H,7-9,13H2,1-6H3. The molecule has 1 aliphatic heterocycles. The van der Waals surface area contributed by atoms with E-state index in [4.69, 9.17) is 14.5 Å². The van der Waals surface area contributed by atoms with Crippen molar-refractivity contribution < 1.29 is 19.5 Å². The zero-order valence-electron chi connectivity index (χ0n) is 16.6. The number of aliphatic imine (C=N–C) groups is 1. The van der Waals surface area contributed by atoms with E-state index in [0.717, 1.165) is 24.0 Å². The maximum absolute atomic E-state index is 11.5. The van der Waals surface area contributed by atoms with E-state index in [1.54, 1.807) is 13.0 Å². The Morgan fingerprint density at radius 1 is 1.23 bits per heavy atom. The van der Waals surface area contributed by atoms with E-state index in [1.807, 2.05) is 39.8 Å². The predicted molar refractivity (Wildman–Crippen MR) is 101 cm³/mol. The van der Waals surface area contributed by atoms with Crippen LogP contribution in [0.25, 0.3) is 0 Å². The summed E-state index contributed by atoms with van der Waals surface area (Å²) >= 11 is 0. The molecule has 2 rings (SSSR count). The van der Waals surface area contributed by atoms with Crippen LogP contribution in [0.5, 0.6) is 5.75 Å². The molecular weight excluding hydrogens is 332 g/mol. The normalized spacial score (nSPS) is 17.8. The maximum atomic E-state index is 11.5. The third kappa shape index (κ3) is 3.85. The summed E-state index contributed by atoms with van der Waals surface area (Å²) < 4.78 is 10.4. The highest BCUT2D eigenvalue weighted by atomic mass is 16.6. The molecule has 144 valence electrons. The van der Waals surface area contributed by atoms with Crippen LogP contribution in [0.15, 0.2) is 23.2 Å². The van der Waals surface area contributed by atoms with Crippen molar-refractivity contribution in [2.24, 2.45) is 4.99 Å². The highest BCUT2D eigenvalue weighted by Gasteiger charge is 2.49. The topological polar surface area (TPSA) is 71.4 Å². The van der Waals surface area contributed by atoms with E-state index in [0.29, 0.717) is 18.2 Å². The number of rotatable bonds is 7. The minimum Gasteiger partial charge on any atom is -0.482 e. The van der Waals surface area contributed by atoms with Crippen LogP contribution in [0.1, 0.15) is 59.1 Å². The maximum Gasteiger partial charge on any atom is 0.344 e. The highest BCUT2D eigenvalue weighted by molar-refractivity contribution is 6.01. The molecule has 0 amide bonds. The average Bonchev–Trinajstić information content (AvgIpc) is 2.73. The number of amidine groups is 1. The lowest BCUT2D eigenvalue weighted by molar-refractivity contribution is -0.145. The van der Waals surface area contributed by atoms with Crippen LogP contribution in [0.3, 0.4) is 0 Å². The number of hydrogen-bond donors (Lipinski definition) is 1. The molecule has 0 radical (unpaired) electrons. The van der Waals surface area contributed by atoms with Crippen LogP contribution >= 0.6 is 0 Å². The Labute approximate surface area is 155 Å². The van der Waals surface area contributed by atoms with Gasteiger partial charge in [-0.1, -0.05) is 13.3 Å². The molecule has 1 N–H and O–H groups in total. The largest absolute Gasteiger partial charge is 0.482 e. The lowest BCUT2D eigenvalue weighted by Gasteiger charge is -2.37. The van der Waals surface area contributed by atoms with E-state index >= 15 is 0 Å². The van der Waals surface area contributed by atoms with Gasteiger partial charge in [-0.05, 0) is 64.8 Å². The van der Waals surface area contributed by atoms with Crippen molar-refractivity contribution in [3.8, 4) is 5.75 Å². The summed E-state index contributed by atoms with van der Waals surface area (Å²) in [6.45, 7) is 12.0. The van der Waals surface area contributed by atoms with Crippen molar-refractivity contribution in [1.29, 1.82) is 0 Å². The Hall–Kier alpha value is -2.08. The number of benzene rings is 1. The van der Waals surface area contributed by atoms with Gasteiger partial charge >= 0.3 is 5.97 Å². The summed E-state index contributed by atoms with van der Waals surface area (Å²) in [4.78, 5) is 16.3. The van der Waals surface area contributed by atoms with Gasteiger partial charge in [-0.15, -0.1) is 0 Å². The number of aryl methyl sites for hydroxylation is 1. The summed E-state index contributed by atoms with van der Waals surface area (Å²) in [7, 11) is 0. The quantitative estimate of drug-likeness (QED) is 0.751. The zero-order valence-corrected chi connectivity index (χ0v) is 16.6. The van der Waals surface area contributed by atoms with Crippen LogP contribution in [0.4, 0.5) is 0 Å². The van der Waals surface area contributed by atoms with Gasteiger partial charge in [0.2, 0.25) is 0 Å². The molecule has 1 aromatic carbocycles. The molecule has 0 atom stereocenters. The van der Waals surface area contributed by atoms with Gasteiger partial charge in [-0.3, -0.25) is 10.2 Å². The van der Waals surface area contributed by atoms with Gasteiger partial charge in [0, 0.05) is 5.56 Å². The third-order valence-electron chi connectivity index (χ3n) is 5.11. The number of nitrogens with zero attached hydrogens (tertiary/aromatic N) is 2. The average molecular weight is 362 g/mol. The fourth-order valence-corrected chi connectivity index (χ4v) is 2.85. The highest BCUT2D eigenvalue weighted by Crippen LogP contribution is 2.38. The van der Waals surface area contributed by atoms with Crippen LogP contribution in [-0.4, -0.2) is 46.4 Å². The number of hydrogen-bond acceptors (Lipinski definition) is 6. The lowest BCUT2D eigenvalue weighted by Crippen LogP contribution is -2.51. The van der Waals surface area contributed by atoms with Crippen molar-refractivity contribution in [2.45, 2.75) is 65.5 Å². The Bertz CT molecular complexity index is 695. The molecule has 26 heavy (non-hydrogen) atoms. The van der Waals surface area contributed by atoms with Gasteiger partial charge in [0.15, 0.2) is 12.4 Å². The molecule has 0 aromatic heterocycles. The number of carbonyl (C=O) groups is 1. The van der Waals surface area contributed by atoms with Crippen LogP contribution < -0.4 is 4.74 Å². The Morgan fingerprint density at radius 3 is 2.46 bits per heavy atom. The van der Waals surface area contributed by atoms with E-state index in [9.17, 15) is 10.0 Å². The molecule has 1 aliphatic rings. The molecule has 0 unspecified atom stereocenters. The summed E-state index contributed by atoms with van der Waals surface area (Å²) in [6.07, 6.45) is 1.76. The third-order valence-corrected chi connectivity index (χ3v) is 5.11. The van der Waals surface area contributed by atoms with Crippen LogP contribution in [0, 0.1) is 0 Å². The zero-order chi connectivity index (χ0) is 19.5. The summed E-state index contributed by atoms with van der Waals surface area (Å²) in [5.74, 6) is 0.783. The van der Waals surface area contributed by atoms with Gasteiger partial charge in [-0.25, -0.2) is 9.86 Å². The molecule has 6 heteroatoms. The molecule has 0 aliphatic carbocycles. The Balaban J connectivity index is 2.31. The van der Waals surface area contributed by atoms with Gasteiger partial charge in [0.25, 0.3) is 0 Å². The molecule has 0 fully saturated rings. The molecule has 1 heterocycles. The SMILES string of the molecule is CCCc1cc(OCC(=O)OCC)ccc1C1=NC(C)(C)C(C)(C)N1O. The Kier molecular flexibility index (Phi) is 5.96. The minimum atomic E-state index is -0.509. The van der Waals surface area contributed by atoms with Crippen molar-refractivity contribution in [2.75, 3.05) is 13.2 Å². The van der Waals surface area contributed by atoms with E-state index < -0.39 is 11.1 Å². The first-order chi connectivity index (χ1) is 12.1. The van der Waals surface area contributed by atoms with Crippen LogP contribution in [-0.2, 0) is 16.0 Å². The molecule has 0 saturated carbocycles. The first-order valence-corrected chi connectivity index (χ1v) is 9.14. The van der Waals surface area contributed by atoms with Gasteiger partial charge < -0.3 is 9.47 Å². The number of ether oxygens (including phenoxy) is 2. The van der Waals surface area contributed by atoms with E-state index in [-0.39, 0.29) is 12.6 Å². The first kappa shape index (κ1) is 20.2. The fraction of sp³-hybridized carbons (Fsp3) is 0.600. The molecule has 1 aromatic rings. The first-order valence-electron chi connectivity index (χ1n) is 9.14. The van der Waals surface area contributed by atoms with Gasteiger partial charge in [0.1, 0.15) is 5.75 Å². The lowest BCUT2D eigenvalue weighted by atomic mass is 9.84. The number of esters is 1. The molecular formula is C20H30N2O4. The van der Waals surface area contributed by atoms with Crippen molar-refractivity contribution in [3.63, 3.8) is 0 Å². The van der Waals surface area contributed by atoms with Crippen LogP contribution in [0.2, 0.25) is 0 Å². The second kappa shape index (κ2) is 7.66. The van der Waals surface area contributed by atoms with E-state index in [2.05, 4.69) is 6.92 Å². The van der Waals surface area contributed by atoms with E-state index in [1.165, 1.54) is 5.06 Å². The predicted octanol–water partition coefficient (Wildman–Crippen LogP) is 3.59. The second-order valence-corrected chi connectivity index (χ2v) is 7.53. The molecule has 0 saturated heterocycles. The fourth-order valence-electron chi connectivity index (χ4n) is 2.85. The number of hydroxylamine groups is 2. The summed E-state index contributed by atoms with van der Waals surface area (Å²) in [5, 5.41) is 12.0. The molecule has 0 bridgehead atoms. The minimum absolute atomic E-state index is 0.119. The Morgan fingerprint density at radius 2 is 1.92 bits per heavy atom. The van der Waals surface area contributed by atoms with Gasteiger partial charge in [0.05, 0.1) is 17.7 Å². The van der Waals surface area contributed by atoms with Gasteiger partial charge in [-0.2, -0.15) is 0 Å². The monoisotopic (exact) mass is 362 g/mol. The summed E-state index contributed by atoms with van der Waals surface area (Å²) in [5.41, 5.74) is 0.988. The van der Waals surface area contributed by atoms with Crippen molar-refractivity contribution in [1.82, 2.24) is 5.06 Å². The number of carbonyl (C=O) groups excluding carboxylic acids is 1. The smallest absolute Gasteiger partial charge is 0.344 e.